The first kappa shape index (κ1) is 15.1. The maximum atomic E-state index is 13.7. The maximum absolute atomic E-state index is 13.7. The molecule has 2 N–H and O–H groups in total. The lowest BCUT2D eigenvalue weighted by atomic mass is 9.91. The highest BCUT2D eigenvalue weighted by Gasteiger charge is 2.37. The molecule has 0 fully saturated rings. The summed E-state index contributed by atoms with van der Waals surface area (Å²) < 4.78 is 52.8. The summed E-state index contributed by atoms with van der Waals surface area (Å²) in [5.74, 6) is -0.630. The third kappa shape index (κ3) is 2.88. The fourth-order valence-corrected chi connectivity index (χ4v) is 2.51. The molecule has 1 aliphatic carbocycles. The largest absolute Gasteiger partial charge is 0.413 e. The molecular weight excluding hydrogens is 294 g/mol. The molecule has 0 heterocycles. The molecular formula is C14H12ClF4N. The van der Waals surface area contributed by atoms with Crippen LogP contribution in [0.3, 0.4) is 0 Å². The number of benzene rings is 1. The Hall–Kier alpha value is -1.33. The van der Waals surface area contributed by atoms with Gasteiger partial charge in [0.2, 0.25) is 0 Å². The lowest BCUT2D eigenvalue weighted by Gasteiger charge is -2.21. The molecule has 1 aromatic carbocycles. The van der Waals surface area contributed by atoms with Gasteiger partial charge in [-0.25, -0.2) is 4.39 Å². The first-order valence-corrected chi connectivity index (χ1v) is 6.37. The SMILES string of the molecule is NCc1ccc(C2=C(C(F)(F)F)CCC=C2Cl)cc1F. The number of hydrogen-bond donors (Lipinski definition) is 1. The van der Waals surface area contributed by atoms with Gasteiger partial charge in [0, 0.05) is 28.3 Å². The summed E-state index contributed by atoms with van der Waals surface area (Å²) >= 11 is 5.90. The van der Waals surface area contributed by atoms with Crippen molar-refractivity contribution in [3.8, 4) is 0 Å². The van der Waals surface area contributed by atoms with Crippen LogP contribution in [0.2, 0.25) is 0 Å². The average Bonchev–Trinajstić information content (AvgIpc) is 2.37. The van der Waals surface area contributed by atoms with E-state index in [1.165, 1.54) is 18.2 Å². The van der Waals surface area contributed by atoms with Gasteiger partial charge >= 0.3 is 6.18 Å². The van der Waals surface area contributed by atoms with E-state index in [-0.39, 0.29) is 41.1 Å². The Morgan fingerprint density at radius 2 is 1.95 bits per heavy atom. The van der Waals surface area contributed by atoms with Crippen LogP contribution >= 0.6 is 11.6 Å². The summed E-state index contributed by atoms with van der Waals surface area (Å²) in [6, 6.07) is 3.84. The maximum Gasteiger partial charge on any atom is 0.413 e. The standard InChI is InChI=1S/C14H12ClF4N/c15-11-3-1-2-10(14(17,18)19)13(11)8-4-5-9(7-20)12(16)6-8/h3-6H,1-2,7,20H2. The van der Waals surface area contributed by atoms with Crippen molar-refractivity contribution in [1.82, 2.24) is 0 Å². The minimum Gasteiger partial charge on any atom is -0.326 e. The van der Waals surface area contributed by atoms with Crippen LogP contribution in [-0.4, -0.2) is 6.18 Å². The van der Waals surface area contributed by atoms with E-state index in [1.54, 1.807) is 0 Å². The monoisotopic (exact) mass is 305 g/mol. The molecule has 20 heavy (non-hydrogen) atoms. The van der Waals surface area contributed by atoms with E-state index in [2.05, 4.69) is 0 Å². The van der Waals surface area contributed by atoms with Crippen LogP contribution in [-0.2, 0) is 6.54 Å². The zero-order chi connectivity index (χ0) is 14.9. The predicted octanol–water partition coefficient (Wildman–Crippen LogP) is 4.52. The van der Waals surface area contributed by atoms with Gasteiger partial charge in [0.25, 0.3) is 0 Å². The summed E-state index contributed by atoms with van der Waals surface area (Å²) in [5.41, 5.74) is 4.84. The number of allylic oxidation sites excluding steroid dienone is 4. The van der Waals surface area contributed by atoms with Crippen LogP contribution < -0.4 is 5.73 Å². The highest BCUT2D eigenvalue weighted by Crippen LogP contribution is 2.43. The van der Waals surface area contributed by atoms with Gasteiger partial charge in [-0.2, -0.15) is 13.2 Å². The van der Waals surface area contributed by atoms with Crippen molar-refractivity contribution in [2.45, 2.75) is 25.6 Å². The van der Waals surface area contributed by atoms with Gasteiger partial charge in [-0.3, -0.25) is 0 Å². The van der Waals surface area contributed by atoms with Gasteiger partial charge < -0.3 is 5.73 Å². The Labute approximate surface area is 118 Å². The van der Waals surface area contributed by atoms with Crippen molar-refractivity contribution in [1.29, 1.82) is 0 Å². The topological polar surface area (TPSA) is 26.0 Å². The molecule has 0 radical (unpaired) electrons. The summed E-state index contributed by atoms with van der Waals surface area (Å²) in [6.45, 7) is -0.0130. The zero-order valence-corrected chi connectivity index (χ0v) is 11.2. The highest BCUT2D eigenvalue weighted by molar-refractivity contribution is 6.37. The van der Waals surface area contributed by atoms with Crippen LogP contribution in [0.15, 0.2) is 34.9 Å². The number of halogens is 5. The lowest BCUT2D eigenvalue weighted by Crippen LogP contribution is -2.16. The lowest BCUT2D eigenvalue weighted by molar-refractivity contribution is -0.0933. The number of nitrogens with two attached hydrogens (primary N) is 1. The normalized spacial score (nSPS) is 16.4. The van der Waals surface area contributed by atoms with Crippen molar-refractivity contribution in [2.75, 3.05) is 0 Å². The Kier molecular flexibility index (Phi) is 4.20. The van der Waals surface area contributed by atoms with E-state index in [1.807, 2.05) is 0 Å². The number of hydrogen-bond acceptors (Lipinski definition) is 1. The Bertz CT molecular complexity index is 587. The molecule has 0 aliphatic heterocycles. The van der Waals surface area contributed by atoms with Crippen LogP contribution in [0.5, 0.6) is 0 Å². The summed E-state index contributed by atoms with van der Waals surface area (Å²) in [6.07, 6.45) is -2.90. The van der Waals surface area contributed by atoms with E-state index in [4.69, 9.17) is 17.3 Å². The fraction of sp³-hybridized carbons (Fsp3) is 0.286. The van der Waals surface area contributed by atoms with Crippen LogP contribution in [0.1, 0.15) is 24.0 Å². The molecule has 1 nitrogen and oxygen atoms in total. The van der Waals surface area contributed by atoms with Gasteiger partial charge in [-0.1, -0.05) is 29.8 Å². The fourth-order valence-electron chi connectivity index (χ4n) is 2.18. The second kappa shape index (κ2) is 5.58. The van der Waals surface area contributed by atoms with Gasteiger partial charge in [-0.15, -0.1) is 0 Å². The second-order valence-electron chi connectivity index (χ2n) is 4.45. The molecule has 0 atom stereocenters. The molecule has 0 saturated heterocycles. The molecule has 0 amide bonds. The van der Waals surface area contributed by atoms with Gasteiger partial charge in [0.05, 0.1) is 0 Å². The molecule has 1 aliphatic rings. The second-order valence-corrected chi connectivity index (χ2v) is 4.86. The van der Waals surface area contributed by atoms with Crippen LogP contribution in [0.25, 0.3) is 5.57 Å². The van der Waals surface area contributed by atoms with E-state index in [0.717, 1.165) is 6.07 Å². The van der Waals surface area contributed by atoms with Crippen molar-refractivity contribution >= 4 is 17.2 Å². The molecule has 2 rings (SSSR count). The van der Waals surface area contributed by atoms with Gasteiger partial charge in [0.1, 0.15) is 5.82 Å². The molecule has 0 spiro atoms. The first-order chi connectivity index (χ1) is 9.34. The predicted molar refractivity (Wildman–Crippen MR) is 70.4 cm³/mol. The minimum atomic E-state index is -4.48. The Balaban J connectivity index is 2.59. The number of alkyl halides is 3. The van der Waals surface area contributed by atoms with Gasteiger partial charge in [0.15, 0.2) is 0 Å². The Morgan fingerprint density at radius 1 is 1.25 bits per heavy atom. The summed E-state index contributed by atoms with van der Waals surface area (Å²) in [7, 11) is 0. The van der Waals surface area contributed by atoms with Crippen LogP contribution in [0.4, 0.5) is 17.6 Å². The summed E-state index contributed by atoms with van der Waals surface area (Å²) in [4.78, 5) is 0. The molecule has 6 heteroatoms. The van der Waals surface area contributed by atoms with E-state index in [9.17, 15) is 17.6 Å². The summed E-state index contributed by atoms with van der Waals surface area (Å²) in [5, 5.41) is 0.00322. The van der Waals surface area contributed by atoms with Crippen molar-refractivity contribution < 1.29 is 17.6 Å². The smallest absolute Gasteiger partial charge is 0.326 e. The van der Waals surface area contributed by atoms with Crippen LogP contribution in [0, 0.1) is 5.82 Å². The van der Waals surface area contributed by atoms with Gasteiger partial charge in [-0.05, 0) is 24.5 Å². The third-order valence-electron chi connectivity index (χ3n) is 3.16. The molecule has 0 unspecified atom stereocenters. The third-order valence-corrected chi connectivity index (χ3v) is 3.51. The molecule has 0 bridgehead atoms. The van der Waals surface area contributed by atoms with Crippen molar-refractivity contribution in [2.24, 2.45) is 5.73 Å². The first-order valence-electron chi connectivity index (χ1n) is 6.00. The van der Waals surface area contributed by atoms with E-state index in [0.29, 0.717) is 0 Å². The molecule has 0 aromatic heterocycles. The minimum absolute atomic E-state index is 0.00322. The highest BCUT2D eigenvalue weighted by atomic mass is 35.5. The number of rotatable bonds is 2. The van der Waals surface area contributed by atoms with Crippen molar-refractivity contribution in [3.63, 3.8) is 0 Å². The zero-order valence-electron chi connectivity index (χ0n) is 10.4. The average molecular weight is 306 g/mol. The molecule has 0 saturated carbocycles. The van der Waals surface area contributed by atoms with E-state index < -0.39 is 17.6 Å². The van der Waals surface area contributed by atoms with E-state index >= 15 is 0 Å². The molecule has 1 aromatic rings. The molecule has 108 valence electrons. The quantitative estimate of drug-likeness (QED) is 0.799. The van der Waals surface area contributed by atoms with Crippen molar-refractivity contribution in [3.05, 3.63) is 51.8 Å². The Morgan fingerprint density at radius 3 is 2.50 bits per heavy atom.